The number of rotatable bonds is 10. The van der Waals surface area contributed by atoms with Crippen molar-refractivity contribution in [3.63, 3.8) is 0 Å². The highest BCUT2D eigenvalue weighted by atomic mass is 79.9. The average molecular weight is 716 g/mol. The second-order valence-electron chi connectivity index (χ2n) is 16.2. The van der Waals surface area contributed by atoms with E-state index in [0.29, 0.717) is 17.4 Å². The van der Waals surface area contributed by atoms with Gasteiger partial charge in [0.15, 0.2) is 11.5 Å². The second-order valence-corrected chi connectivity index (χ2v) is 18.0. The molecule has 1 aromatic carbocycles. The van der Waals surface area contributed by atoms with Crippen molar-refractivity contribution in [3.05, 3.63) is 63.7 Å². The van der Waals surface area contributed by atoms with Crippen molar-refractivity contribution in [2.75, 3.05) is 0 Å². The van der Waals surface area contributed by atoms with Gasteiger partial charge in [-0.15, -0.1) is 11.3 Å². The van der Waals surface area contributed by atoms with E-state index in [1.165, 1.54) is 57.8 Å². The minimum absolute atomic E-state index is 0.157. The van der Waals surface area contributed by atoms with Gasteiger partial charge >= 0.3 is 0 Å². The minimum atomic E-state index is 0.157. The van der Waals surface area contributed by atoms with Crippen LogP contribution in [0.3, 0.4) is 0 Å². The fraction of sp³-hybridized carbons (Fsp3) is 0.579. The van der Waals surface area contributed by atoms with Crippen LogP contribution in [0, 0.1) is 35.5 Å². The molecule has 246 valence electrons. The summed E-state index contributed by atoms with van der Waals surface area (Å²) in [6.07, 6.45) is 14.8. The molecule has 2 N–H and O–H groups in total. The number of ether oxygens (including phenoxy) is 1. The van der Waals surface area contributed by atoms with Crippen molar-refractivity contribution >= 4 is 27.3 Å². The van der Waals surface area contributed by atoms with Crippen LogP contribution < -0.4 is 15.4 Å². The Morgan fingerprint density at radius 3 is 1.98 bits per heavy atom. The molecule has 8 saturated carbocycles. The maximum atomic E-state index is 6.97. The zero-order valence-electron chi connectivity index (χ0n) is 26.8. The molecule has 9 heteroatoms. The van der Waals surface area contributed by atoms with Gasteiger partial charge in [0.1, 0.15) is 16.7 Å². The Balaban J connectivity index is 0.793. The van der Waals surface area contributed by atoms with E-state index in [1.54, 1.807) is 11.3 Å². The van der Waals surface area contributed by atoms with Gasteiger partial charge in [-0.3, -0.25) is 0 Å². The van der Waals surface area contributed by atoms with Gasteiger partial charge in [0.05, 0.1) is 11.4 Å². The number of nitrogens with zero attached hydrogens (tertiary/aromatic N) is 2. The van der Waals surface area contributed by atoms with Gasteiger partial charge < -0.3 is 24.4 Å². The molecule has 8 aliphatic carbocycles. The highest BCUT2D eigenvalue weighted by Gasteiger charge is 2.56. The third-order valence-corrected chi connectivity index (χ3v) is 14.5. The molecular formula is C38H43BrN4O3S. The van der Waals surface area contributed by atoms with Gasteiger partial charge in [-0.25, -0.2) is 0 Å². The van der Waals surface area contributed by atoms with Crippen LogP contribution in [-0.4, -0.2) is 27.5 Å². The highest BCUT2D eigenvalue weighted by Crippen LogP contribution is 2.58. The summed E-state index contributed by atoms with van der Waals surface area (Å²) < 4.78 is 19.7. The maximum absolute atomic E-state index is 6.97. The summed E-state index contributed by atoms with van der Waals surface area (Å²) in [5.41, 5.74) is 3.48. The van der Waals surface area contributed by atoms with E-state index in [4.69, 9.17) is 13.8 Å². The average Bonchev–Trinajstić information content (AvgIpc) is 3.82. The van der Waals surface area contributed by atoms with E-state index in [1.807, 2.05) is 18.2 Å². The standard InChI is InChI=1S/C38H43BrN4O3S/c39-31-4-2-1-3-30(31)33-12-28(42-45-33)20-41-38-17-25-10-26(18-38)35(27(11-25)19-38)44-32-5-6-47-36(32)34-13-29(43-46-34)21-40-37-14-22-7-23(15-37)9-24(8-22)16-37/h1-6,12-13,22-27,35,40-41H,7-11,14-21H2. The molecule has 0 aliphatic heterocycles. The quantitative estimate of drug-likeness (QED) is 0.170. The molecule has 0 saturated heterocycles. The van der Waals surface area contributed by atoms with Gasteiger partial charge in [-0.2, -0.15) is 0 Å². The molecular weight excluding hydrogens is 672 g/mol. The number of halogens is 1. The molecule has 0 spiro atoms. The number of thiophene rings is 1. The fourth-order valence-electron chi connectivity index (χ4n) is 11.7. The third-order valence-electron chi connectivity index (χ3n) is 12.9. The van der Waals surface area contributed by atoms with E-state index in [9.17, 15) is 0 Å². The zero-order chi connectivity index (χ0) is 31.2. The first-order chi connectivity index (χ1) is 23.0. The Bertz CT molecular complexity index is 1730. The van der Waals surface area contributed by atoms with E-state index in [-0.39, 0.29) is 11.6 Å². The van der Waals surface area contributed by atoms with Gasteiger partial charge in [0.2, 0.25) is 0 Å². The fourth-order valence-corrected chi connectivity index (χ4v) is 12.9. The van der Waals surface area contributed by atoms with Crippen LogP contribution >= 0.6 is 27.3 Å². The van der Waals surface area contributed by atoms with Crippen LogP contribution in [0.5, 0.6) is 5.75 Å². The first-order valence-corrected chi connectivity index (χ1v) is 19.6. The lowest BCUT2D eigenvalue weighted by atomic mass is 9.51. The molecule has 4 aromatic rings. The summed E-state index contributed by atoms with van der Waals surface area (Å²) >= 11 is 5.34. The van der Waals surface area contributed by atoms with Crippen molar-refractivity contribution in [1.82, 2.24) is 20.9 Å². The number of hydrogen-bond acceptors (Lipinski definition) is 8. The first kappa shape index (κ1) is 29.5. The summed E-state index contributed by atoms with van der Waals surface area (Å²) in [4.78, 5) is 1.08. The van der Waals surface area contributed by atoms with E-state index >= 15 is 0 Å². The van der Waals surface area contributed by atoms with Crippen LogP contribution in [0.4, 0.5) is 0 Å². The Morgan fingerprint density at radius 2 is 1.32 bits per heavy atom. The van der Waals surface area contributed by atoms with Crippen LogP contribution in [0.25, 0.3) is 22.0 Å². The molecule has 7 nitrogen and oxygen atoms in total. The molecule has 0 amide bonds. The Labute approximate surface area is 288 Å². The van der Waals surface area contributed by atoms with Crippen molar-refractivity contribution in [2.45, 2.75) is 101 Å². The maximum Gasteiger partial charge on any atom is 0.180 e. The van der Waals surface area contributed by atoms with E-state index in [2.05, 4.69) is 66.5 Å². The molecule has 2 unspecified atom stereocenters. The lowest BCUT2D eigenvalue weighted by Gasteiger charge is -2.59. The van der Waals surface area contributed by atoms with Crippen LogP contribution in [-0.2, 0) is 13.1 Å². The van der Waals surface area contributed by atoms with E-state index in [0.717, 1.165) is 93.2 Å². The molecule has 3 aromatic heterocycles. The van der Waals surface area contributed by atoms with E-state index < -0.39 is 0 Å². The Hall–Kier alpha value is -2.46. The minimum Gasteiger partial charge on any atom is -0.488 e. The van der Waals surface area contributed by atoms with Crippen molar-refractivity contribution < 1.29 is 13.8 Å². The SMILES string of the molecule is Brc1ccccc1-c1cc(CNC23CC4CC(C2)C(Oc2ccsc2-c2cc(CNC56CC7CC(CC(C7)C5)C6)no2)C(C4)C3)no1. The molecule has 12 rings (SSSR count). The Kier molecular flexibility index (Phi) is 7.08. The second kappa shape index (κ2) is 11.3. The monoisotopic (exact) mass is 714 g/mol. The largest absolute Gasteiger partial charge is 0.488 e. The molecule has 8 aliphatic rings. The number of nitrogens with one attached hydrogen (secondary N) is 2. The lowest BCUT2D eigenvalue weighted by molar-refractivity contribution is -0.101. The summed E-state index contributed by atoms with van der Waals surface area (Å²) in [5.74, 6) is 7.31. The smallest absolute Gasteiger partial charge is 0.180 e. The van der Waals surface area contributed by atoms with Gasteiger partial charge in [0.25, 0.3) is 0 Å². The molecule has 47 heavy (non-hydrogen) atoms. The summed E-state index contributed by atoms with van der Waals surface area (Å²) in [7, 11) is 0. The first-order valence-electron chi connectivity index (χ1n) is 17.9. The topological polar surface area (TPSA) is 85.4 Å². The summed E-state index contributed by atoms with van der Waals surface area (Å²) in [6.45, 7) is 1.52. The summed E-state index contributed by atoms with van der Waals surface area (Å²) in [6, 6.07) is 14.5. The molecule has 0 radical (unpaired) electrons. The van der Waals surface area contributed by atoms with Crippen molar-refractivity contribution in [2.24, 2.45) is 35.5 Å². The van der Waals surface area contributed by atoms with Crippen molar-refractivity contribution in [1.29, 1.82) is 0 Å². The van der Waals surface area contributed by atoms with Crippen LogP contribution in [0.15, 0.2) is 61.4 Å². The normalized spacial score (nSPS) is 36.4. The number of aromatic nitrogens is 2. The molecule has 8 fully saturated rings. The Morgan fingerprint density at radius 1 is 0.745 bits per heavy atom. The van der Waals surface area contributed by atoms with Gasteiger partial charge in [-0.05, 0) is 130 Å². The van der Waals surface area contributed by atoms with Gasteiger partial charge in [-0.1, -0.05) is 38.4 Å². The predicted octanol–water partition coefficient (Wildman–Crippen LogP) is 8.99. The van der Waals surface area contributed by atoms with Gasteiger partial charge in [0, 0.05) is 46.3 Å². The lowest BCUT2D eigenvalue weighted by Crippen LogP contribution is -2.63. The third kappa shape index (κ3) is 5.35. The predicted molar refractivity (Wildman–Crippen MR) is 185 cm³/mol. The zero-order valence-corrected chi connectivity index (χ0v) is 29.2. The van der Waals surface area contributed by atoms with Crippen molar-refractivity contribution in [3.8, 4) is 27.7 Å². The number of hydrogen-bond donors (Lipinski definition) is 2. The molecule has 3 heterocycles. The number of benzene rings is 1. The highest BCUT2D eigenvalue weighted by molar-refractivity contribution is 9.10. The molecule has 8 bridgehead atoms. The summed E-state index contributed by atoms with van der Waals surface area (Å²) in [5, 5.41) is 19.0. The molecule has 2 atom stereocenters. The van der Waals surface area contributed by atoms with Crippen LogP contribution in [0.1, 0.15) is 82.0 Å². The van der Waals surface area contributed by atoms with Crippen LogP contribution in [0.2, 0.25) is 0 Å².